The summed E-state index contributed by atoms with van der Waals surface area (Å²) in [6.45, 7) is 9.45. The van der Waals surface area contributed by atoms with E-state index >= 15 is 0 Å². The number of aromatic nitrogens is 1. The molecule has 1 aliphatic heterocycles. The summed E-state index contributed by atoms with van der Waals surface area (Å²) in [6.07, 6.45) is -0.0733. The van der Waals surface area contributed by atoms with Gasteiger partial charge in [0.2, 0.25) is 5.88 Å². The number of nitrogens with one attached hydrogen (secondary N) is 1. The third-order valence-corrected chi connectivity index (χ3v) is 7.36. The number of nitrogens with zero attached hydrogens (tertiary/aromatic N) is 1. The third kappa shape index (κ3) is 6.41. The molecular formula is C32H36N2O6. The predicted octanol–water partition coefficient (Wildman–Crippen LogP) is 6.23. The molecule has 0 aliphatic carbocycles. The van der Waals surface area contributed by atoms with Crippen LogP contribution in [0.1, 0.15) is 23.1 Å². The number of carboxylic acid groups (broad SMARTS) is 1. The molecule has 8 nitrogen and oxygen atoms in total. The minimum atomic E-state index is -1.34. The molecule has 0 atom stereocenters. The summed E-state index contributed by atoms with van der Waals surface area (Å²) >= 11 is 0. The zero-order valence-corrected chi connectivity index (χ0v) is 23.1. The monoisotopic (exact) mass is 544 g/mol. The number of H-pyrrole nitrogens is 1. The van der Waals surface area contributed by atoms with Gasteiger partial charge in [0.25, 0.3) is 0 Å². The van der Waals surface area contributed by atoms with Crippen molar-refractivity contribution in [2.75, 3.05) is 46.1 Å². The third-order valence-electron chi connectivity index (χ3n) is 7.36. The van der Waals surface area contributed by atoms with E-state index < -0.39 is 6.16 Å². The van der Waals surface area contributed by atoms with Crippen LogP contribution < -0.4 is 14.2 Å². The van der Waals surface area contributed by atoms with Gasteiger partial charge >= 0.3 is 6.16 Å². The van der Waals surface area contributed by atoms with Crippen LogP contribution in [0.15, 0.2) is 60.7 Å². The van der Waals surface area contributed by atoms with Crippen molar-refractivity contribution in [3.63, 3.8) is 0 Å². The molecule has 5 rings (SSSR count). The summed E-state index contributed by atoms with van der Waals surface area (Å²) in [5.74, 6) is 1.87. The maximum atomic E-state index is 11.5. The van der Waals surface area contributed by atoms with Gasteiger partial charge in [-0.3, -0.25) is 4.90 Å². The molecule has 0 spiro atoms. The highest BCUT2D eigenvalue weighted by molar-refractivity contribution is 5.98. The Kier molecular flexibility index (Phi) is 8.88. The lowest BCUT2D eigenvalue weighted by atomic mass is 9.97. The Hall–Kier alpha value is -4.01. The molecule has 3 aromatic carbocycles. The highest BCUT2D eigenvalue weighted by Crippen LogP contribution is 2.37. The number of para-hydroxylation sites is 1. The molecule has 0 radical (unpaired) electrons. The van der Waals surface area contributed by atoms with Crippen LogP contribution >= 0.6 is 0 Å². The zero-order chi connectivity index (χ0) is 27.9. The average Bonchev–Trinajstić information content (AvgIpc) is 3.30. The van der Waals surface area contributed by atoms with Crippen LogP contribution in [0.4, 0.5) is 4.79 Å². The summed E-state index contributed by atoms with van der Waals surface area (Å²) in [7, 11) is 0. The molecule has 8 heteroatoms. The first-order chi connectivity index (χ1) is 19.5. The number of hydrogen-bond acceptors (Lipinski definition) is 6. The Morgan fingerprint density at radius 2 is 1.62 bits per heavy atom. The SMILES string of the molecule is Cc1ccccc1-c1cccc2c(CCCOc3cccc(OCCN4CCOCC4)c3C)c(OC(=O)O)[nH]c12. The van der Waals surface area contributed by atoms with Crippen LogP contribution in [0.3, 0.4) is 0 Å². The minimum absolute atomic E-state index is 0.260. The van der Waals surface area contributed by atoms with E-state index in [2.05, 4.69) is 28.9 Å². The van der Waals surface area contributed by atoms with E-state index in [-0.39, 0.29) is 5.88 Å². The van der Waals surface area contributed by atoms with Gasteiger partial charge in [0.1, 0.15) is 18.1 Å². The first-order valence-electron chi connectivity index (χ1n) is 13.8. The summed E-state index contributed by atoms with van der Waals surface area (Å²) in [4.78, 5) is 17.0. The maximum Gasteiger partial charge on any atom is 0.512 e. The molecule has 40 heavy (non-hydrogen) atoms. The Labute approximate surface area is 234 Å². The van der Waals surface area contributed by atoms with Gasteiger partial charge in [-0.15, -0.1) is 0 Å². The van der Waals surface area contributed by atoms with Crippen LogP contribution in [0.5, 0.6) is 17.4 Å². The first-order valence-corrected chi connectivity index (χ1v) is 13.8. The van der Waals surface area contributed by atoms with Crippen LogP contribution in [0.2, 0.25) is 0 Å². The van der Waals surface area contributed by atoms with Gasteiger partial charge in [-0.25, -0.2) is 4.79 Å². The molecular weight excluding hydrogens is 508 g/mol. The van der Waals surface area contributed by atoms with Crippen LogP contribution in [-0.4, -0.2) is 67.2 Å². The molecule has 1 fully saturated rings. The number of rotatable bonds is 11. The van der Waals surface area contributed by atoms with E-state index in [1.807, 2.05) is 55.5 Å². The first kappa shape index (κ1) is 27.6. The lowest BCUT2D eigenvalue weighted by Gasteiger charge is -2.26. The molecule has 2 N–H and O–H groups in total. The number of benzene rings is 3. The van der Waals surface area contributed by atoms with Gasteiger partial charge in [0.15, 0.2) is 0 Å². The fraction of sp³-hybridized carbons (Fsp3) is 0.344. The summed E-state index contributed by atoms with van der Waals surface area (Å²) in [6, 6.07) is 20.0. The number of morpholine rings is 1. The van der Waals surface area contributed by atoms with Gasteiger partial charge in [-0.05, 0) is 49.9 Å². The molecule has 1 aromatic heterocycles. The molecule has 210 valence electrons. The average molecular weight is 545 g/mol. The highest BCUT2D eigenvalue weighted by Gasteiger charge is 2.19. The van der Waals surface area contributed by atoms with Crippen molar-refractivity contribution in [3.8, 4) is 28.5 Å². The fourth-order valence-corrected chi connectivity index (χ4v) is 5.22. The van der Waals surface area contributed by atoms with Crippen molar-refractivity contribution in [2.24, 2.45) is 0 Å². The summed E-state index contributed by atoms with van der Waals surface area (Å²) in [5, 5.41) is 10.3. The van der Waals surface area contributed by atoms with Crippen molar-refractivity contribution in [1.29, 1.82) is 0 Å². The molecule has 2 heterocycles. The van der Waals surface area contributed by atoms with Crippen LogP contribution in [-0.2, 0) is 11.2 Å². The van der Waals surface area contributed by atoms with E-state index in [4.69, 9.17) is 18.9 Å². The van der Waals surface area contributed by atoms with Gasteiger partial charge in [-0.2, -0.15) is 0 Å². The Morgan fingerprint density at radius 3 is 2.38 bits per heavy atom. The maximum absolute atomic E-state index is 11.5. The van der Waals surface area contributed by atoms with Crippen molar-refractivity contribution in [2.45, 2.75) is 26.7 Å². The number of aryl methyl sites for hydroxylation is 2. The van der Waals surface area contributed by atoms with Crippen molar-refractivity contribution in [3.05, 3.63) is 77.4 Å². The molecule has 0 bridgehead atoms. The Bertz CT molecular complexity index is 1460. The molecule has 4 aromatic rings. The molecule has 0 amide bonds. The fourth-order valence-electron chi connectivity index (χ4n) is 5.22. The summed E-state index contributed by atoms with van der Waals surface area (Å²) < 4.78 is 22.8. The highest BCUT2D eigenvalue weighted by atomic mass is 16.7. The molecule has 0 unspecified atom stereocenters. The van der Waals surface area contributed by atoms with Gasteiger partial charge in [0.05, 0.1) is 25.3 Å². The number of hydrogen-bond donors (Lipinski definition) is 2. The van der Waals surface area contributed by atoms with Gasteiger partial charge in [-0.1, -0.05) is 48.5 Å². The van der Waals surface area contributed by atoms with Crippen LogP contribution in [0.25, 0.3) is 22.0 Å². The van der Waals surface area contributed by atoms with Gasteiger partial charge in [0, 0.05) is 41.7 Å². The lowest BCUT2D eigenvalue weighted by Crippen LogP contribution is -2.38. The Balaban J connectivity index is 1.25. The molecule has 1 aliphatic rings. The quantitative estimate of drug-likeness (QED) is 0.171. The number of aromatic amines is 1. The van der Waals surface area contributed by atoms with Crippen molar-refractivity contribution >= 4 is 17.1 Å². The number of carbonyl (C=O) groups is 1. The lowest BCUT2D eigenvalue weighted by molar-refractivity contribution is 0.0322. The number of ether oxygens (including phenoxy) is 4. The van der Waals surface area contributed by atoms with Crippen LogP contribution in [0, 0.1) is 13.8 Å². The normalized spacial score (nSPS) is 13.8. The second-order valence-electron chi connectivity index (χ2n) is 9.98. The van der Waals surface area contributed by atoms with E-state index in [0.29, 0.717) is 26.1 Å². The smallest absolute Gasteiger partial charge is 0.493 e. The summed E-state index contributed by atoms with van der Waals surface area (Å²) in [5.41, 5.74) is 5.90. The van der Waals surface area contributed by atoms with E-state index in [1.54, 1.807) is 0 Å². The van der Waals surface area contributed by atoms with Crippen molar-refractivity contribution < 1.29 is 28.8 Å². The van der Waals surface area contributed by atoms with E-state index in [9.17, 15) is 9.90 Å². The zero-order valence-electron chi connectivity index (χ0n) is 23.1. The topological polar surface area (TPSA) is 93.2 Å². The van der Waals surface area contributed by atoms with Gasteiger partial charge < -0.3 is 29.0 Å². The molecule has 0 saturated carbocycles. The standard InChI is InChI=1S/C32H36N2O6/c1-22-8-3-4-9-24(22)25-10-5-11-26-27(31(33-30(25)26)40-32(35)36)12-7-18-38-28-13-6-14-29(23(28)2)39-21-17-34-15-19-37-20-16-34/h3-6,8-11,13-14,33H,7,12,15-21H2,1-2H3,(H,35,36). The predicted molar refractivity (Wildman–Crippen MR) is 155 cm³/mol. The number of fused-ring (bicyclic) bond motifs is 1. The molecule has 1 saturated heterocycles. The second-order valence-corrected chi connectivity index (χ2v) is 9.98. The van der Waals surface area contributed by atoms with E-state index in [0.717, 1.165) is 83.1 Å². The second kappa shape index (κ2) is 12.9. The van der Waals surface area contributed by atoms with E-state index in [1.165, 1.54) is 0 Å². The Morgan fingerprint density at radius 1 is 0.925 bits per heavy atom. The largest absolute Gasteiger partial charge is 0.512 e. The van der Waals surface area contributed by atoms with Crippen molar-refractivity contribution in [1.82, 2.24) is 9.88 Å². The minimum Gasteiger partial charge on any atom is -0.493 e.